The molecule has 71 heavy (non-hydrogen) atoms. The lowest BCUT2D eigenvalue weighted by molar-refractivity contribution is -0.118. The molecular formula is C56H74Cl4N4O5S2. The van der Waals surface area contributed by atoms with Gasteiger partial charge in [0, 0.05) is 9.92 Å². The number of halogens is 4. The first-order valence-electron chi connectivity index (χ1n) is 26.0. The number of nitrogens with one attached hydrogen (secondary N) is 3. The van der Waals surface area contributed by atoms with Gasteiger partial charge in [0.05, 0.1) is 37.1 Å². The molecule has 9 nitrogen and oxygen atoms in total. The fraction of sp³-hybridized carbons (Fsp3) is 0.500. The van der Waals surface area contributed by atoms with Gasteiger partial charge in [0.2, 0.25) is 0 Å². The number of amides is 1. The number of unbranched alkanes of at least 4 members (excludes halogenated alkanes) is 21. The molecule has 0 radical (unpaired) electrons. The Kier molecular flexibility index (Phi) is 26.2. The first kappa shape index (κ1) is 58.3. The van der Waals surface area contributed by atoms with Gasteiger partial charge in [0.1, 0.15) is 22.2 Å². The number of rotatable bonds is 35. The maximum Gasteiger partial charge on any atom is 0.287 e. The molecule has 0 atom stereocenters. The summed E-state index contributed by atoms with van der Waals surface area (Å²) in [6.07, 6.45) is 29.1. The Morgan fingerprint density at radius 2 is 1.20 bits per heavy atom. The lowest BCUT2D eigenvalue weighted by Crippen LogP contribution is -2.20. The van der Waals surface area contributed by atoms with Gasteiger partial charge in [-0.15, -0.1) is 0 Å². The van der Waals surface area contributed by atoms with Crippen LogP contribution in [0.25, 0.3) is 5.69 Å². The molecular weight excluding hydrogens is 1010 g/mol. The highest BCUT2D eigenvalue weighted by Crippen LogP contribution is 2.39. The predicted octanol–water partition coefficient (Wildman–Crippen LogP) is 18.0. The van der Waals surface area contributed by atoms with Gasteiger partial charge in [-0.05, 0) is 79.4 Å². The van der Waals surface area contributed by atoms with Gasteiger partial charge in [0.25, 0.3) is 11.5 Å². The molecule has 3 N–H and O–H groups in total. The van der Waals surface area contributed by atoms with Gasteiger partial charge in [-0.2, -0.15) is 0 Å². The number of sulfone groups is 1. The average molecular weight is 1090 g/mol. The highest BCUT2D eigenvalue weighted by molar-refractivity contribution is 7.99. The average Bonchev–Trinajstić information content (AvgIpc) is 3.63. The first-order chi connectivity index (χ1) is 34.4. The first-order valence-corrected chi connectivity index (χ1v) is 30.0. The molecule has 0 saturated heterocycles. The second-order valence-corrected chi connectivity index (χ2v) is 23.3. The molecule has 15 heteroatoms. The second-order valence-electron chi connectivity index (χ2n) is 18.5. The van der Waals surface area contributed by atoms with Gasteiger partial charge in [-0.3, -0.25) is 14.7 Å². The van der Waals surface area contributed by atoms with Crippen molar-refractivity contribution in [3.63, 3.8) is 0 Å². The van der Waals surface area contributed by atoms with Crippen LogP contribution in [0, 0.1) is 0 Å². The number of H-pyrrole nitrogens is 1. The summed E-state index contributed by atoms with van der Waals surface area (Å²) in [5, 5.41) is 9.92. The van der Waals surface area contributed by atoms with E-state index in [-0.39, 0.29) is 59.7 Å². The van der Waals surface area contributed by atoms with E-state index in [1.54, 1.807) is 30.3 Å². The van der Waals surface area contributed by atoms with Crippen molar-refractivity contribution in [1.82, 2.24) is 9.78 Å². The number of benzene rings is 4. The Hall–Kier alpha value is -3.58. The largest absolute Gasteiger partial charge is 0.484 e. The van der Waals surface area contributed by atoms with Crippen LogP contribution in [0.3, 0.4) is 0 Å². The van der Waals surface area contributed by atoms with Crippen molar-refractivity contribution in [1.29, 1.82) is 0 Å². The zero-order valence-corrected chi connectivity index (χ0v) is 46.4. The van der Waals surface area contributed by atoms with Crippen LogP contribution in [0.4, 0.5) is 17.2 Å². The van der Waals surface area contributed by atoms with Crippen LogP contribution in [0.15, 0.2) is 98.3 Å². The Morgan fingerprint density at radius 1 is 0.634 bits per heavy atom. The maximum atomic E-state index is 14.4. The van der Waals surface area contributed by atoms with Crippen molar-refractivity contribution >= 4 is 91.1 Å². The van der Waals surface area contributed by atoms with Crippen molar-refractivity contribution in [3.8, 4) is 11.4 Å². The smallest absolute Gasteiger partial charge is 0.287 e. The van der Waals surface area contributed by atoms with Gasteiger partial charge in [-0.1, -0.05) is 231 Å². The molecule has 0 aliphatic carbocycles. The fourth-order valence-corrected chi connectivity index (χ4v) is 12.2. The van der Waals surface area contributed by atoms with Crippen LogP contribution in [0.1, 0.15) is 167 Å². The van der Waals surface area contributed by atoms with Crippen LogP contribution >= 0.6 is 58.2 Å². The second kappa shape index (κ2) is 31.9. The highest BCUT2D eigenvalue weighted by atomic mass is 35.5. The number of nitrogens with zero attached hydrogens (tertiary/aromatic N) is 1. The van der Waals surface area contributed by atoms with E-state index in [1.807, 2.05) is 18.2 Å². The molecule has 0 bridgehead atoms. The van der Waals surface area contributed by atoms with E-state index < -0.39 is 15.4 Å². The van der Waals surface area contributed by atoms with Gasteiger partial charge < -0.3 is 15.4 Å². The van der Waals surface area contributed by atoms with E-state index in [1.165, 1.54) is 150 Å². The molecule has 0 aliphatic rings. The number of aromatic amines is 1. The monoisotopic (exact) mass is 1090 g/mol. The molecule has 4 aromatic carbocycles. The highest BCUT2D eigenvalue weighted by Gasteiger charge is 2.24. The standard InChI is InChI=1S/C56H74Cl4N4O5S2/c1-3-5-7-9-11-13-15-16-17-18-20-22-24-29-42-30-28-31-44(37-42)69-41-52(65)61-50-32-25-26-33-51(50)70-54-55(63-64(56(54)66)53-47(59)38-43(57)39-48(53)60)62-49-35-34-45(40-46(49)58)71(67,68)36-27-23-21-19-14-12-10-8-6-4-2/h25-26,28,30-35,37-40,62-63H,3-24,27,29,36,41H2,1-2H3,(H,61,65). The van der Waals surface area contributed by atoms with E-state index >= 15 is 0 Å². The van der Waals surface area contributed by atoms with Crippen LogP contribution in [-0.4, -0.2) is 36.5 Å². The molecule has 0 fully saturated rings. The zero-order valence-electron chi connectivity index (χ0n) is 41.7. The number of hydrogen-bond donors (Lipinski definition) is 3. The Labute approximate surface area is 447 Å². The van der Waals surface area contributed by atoms with Gasteiger partial charge in [-0.25, -0.2) is 13.1 Å². The number of carbonyl (C=O) groups excluding carboxylic acids is 1. The van der Waals surface area contributed by atoms with Crippen LogP contribution in [0.2, 0.25) is 20.1 Å². The van der Waals surface area contributed by atoms with Crippen LogP contribution in [-0.2, 0) is 21.1 Å². The molecule has 1 heterocycles. The lowest BCUT2D eigenvalue weighted by Gasteiger charge is -2.13. The number of aromatic nitrogens is 2. The molecule has 1 aromatic heterocycles. The number of anilines is 3. The molecule has 388 valence electrons. The minimum atomic E-state index is -3.59. The SMILES string of the molecule is CCCCCCCCCCCCCCCc1cccc(OCC(=O)Nc2ccccc2Sc2c(Nc3ccc(S(=O)(=O)CCCCCCCCCCCC)cc3Cl)[nH]n(-c3c(Cl)cc(Cl)cc3Cl)c2=O)c1. The molecule has 5 aromatic rings. The van der Waals surface area contributed by atoms with Crippen molar-refractivity contribution in [2.45, 2.75) is 183 Å². The minimum Gasteiger partial charge on any atom is -0.484 e. The summed E-state index contributed by atoms with van der Waals surface area (Å²) in [6.45, 7) is 4.26. The summed E-state index contributed by atoms with van der Waals surface area (Å²) in [6, 6.07) is 22.5. The number of carbonyl (C=O) groups is 1. The maximum absolute atomic E-state index is 14.4. The molecule has 0 aliphatic heterocycles. The topological polar surface area (TPSA) is 122 Å². The Morgan fingerprint density at radius 3 is 1.79 bits per heavy atom. The third-order valence-corrected chi connectivity index (χ3v) is 16.7. The summed E-state index contributed by atoms with van der Waals surface area (Å²) in [5.41, 5.74) is 1.64. The summed E-state index contributed by atoms with van der Waals surface area (Å²) in [5.74, 6) is 0.491. The normalized spacial score (nSPS) is 11.6. The van der Waals surface area contributed by atoms with Crippen LogP contribution in [0.5, 0.6) is 5.75 Å². The van der Waals surface area contributed by atoms with Gasteiger partial charge >= 0.3 is 0 Å². The lowest BCUT2D eigenvalue weighted by atomic mass is 10.0. The summed E-state index contributed by atoms with van der Waals surface area (Å²) in [7, 11) is -3.59. The number of hydrogen-bond acceptors (Lipinski definition) is 7. The summed E-state index contributed by atoms with van der Waals surface area (Å²) in [4.78, 5) is 28.7. The van der Waals surface area contributed by atoms with Gasteiger partial charge in [0.15, 0.2) is 16.4 Å². The van der Waals surface area contributed by atoms with Crippen molar-refractivity contribution in [2.75, 3.05) is 23.0 Å². The fourth-order valence-electron chi connectivity index (χ4n) is 8.57. The van der Waals surface area contributed by atoms with Crippen LogP contribution < -0.4 is 20.9 Å². The molecule has 0 saturated carbocycles. The number of para-hydroxylation sites is 1. The minimum absolute atomic E-state index is 0.0288. The molecule has 0 spiro atoms. The van der Waals surface area contributed by atoms with E-state index in [0.29, 0.717) is 28.4 Å². The molecule has 1 amide bonds. The number of ether oxygens (including phenoxy) is 1. The van der Waals surface area contributed by atoms with E-state index in [9.17, 15) is 18.0 Å². The molecule has 0 unspecified atom stereocenters. The van der Waals surface area contributed by atoms with E-state index in [2.05, 4.69) is 35.6 Å². The summed E-state index contributed by atoms with van der Waals surface area (Å²) >= 11 is 27.3. The molecule has 5 rings (SSSR count). The van der Waals surface area contributed by atoms with Crippen molar-refractivity contribution < 1.29 is 17.9 Å². The summed E-state index contributed by atoms with van der Waals surface area (Å²) < 4.78 is 33.9. The third-order valence-electron chi connectivity index (χ3n) is 12.6. The van der Waals surface area contributed by atoms with E-state index in [0.717, 1.165) is 43.9 Å². The van der Waals surface area contributed by atoms with Crippen molar-refractivity contribution in [3.05, 3.63) is 115 Å². The van der Waals surface area contributed by atoms with Crippen molar-refractivity contribution in [2.24, 2.45) is 0 Å². The number of aryl methyl sites for hydroxylation is 1. The Bertz CT molecular complexity index is 2560. The Balaban J connectivity index is 1.20. The quantitative estimate of drug-likeness (QED) is 0.0345. The third kappa shape index (κ3) is 20.0. The predicted molar refractivity (Wildman–Crippen MR) is 301 cm³/mol. The van der Waals surface area contributed by atoms with E-state index in [4.69, 9.17) is 51.1 Å². The zero-order chi connectivity index (χ0) is 50.9.